The summed E-state index contributed by atoms with van der Waals surface area (Å²) in [4.78, 5) is 2.61. The number of nitrogens with two attached hydrogens (primary N) is 1. The Labute approximate surface area is 125 Å². The number of ether oxygens (including phenoxy) is 1. The highest BCUT2D eigenvalue weighted by Gasteiger charge is 2.42. The third kappa shape index (κ3) is 3.96. The van der Waals surface area contributed by atoms with Crippen molar-refractivity contribution in [2.75, 3.05) is 26.2 Å². The molecular weight excluding hydrogens is 248 g/mol. The van der Waals surface area contributed by atoms with E-state index < -0.39 is 0 Å². The van der Waals surface area contributed by atoms with Crippen LogP contribution in [0.5, 0.6) is 0 Å². The molecule has 2 unspecified atom stereocenters. The SMILES string of the molecule is CC1CCCC(CN)(CN2CC(C)(C)OC(C)(C)C2)C1. The van der Waals surface area contributed by atoms with E-state index in [4.69, 9.17) is 10.5 Å². The Hall–Kier alpha value is -0.120. The van der Waals surface area contributed by atoms with Crippen molar-refractivity contribution in [2.24, 2.45) is 17.1 Å². The van der Waals surface area contributed by atoms with Gasteiger partial charge in [-0.2, -0.15) is 0 Å². The quantitative estimate of drug-likeness (QED) is 0.864. The van der Waals surface area contributed by atoms with E-state index in [9.17, 15) is 0 Å². The van der Waals surface area contributed by atoms with E-state index in [0.717, 1.165) is 32.1 Å². The van der Waals surface area contributed by atoms with Crippen molar-refractivity contribution in [2.45, 2.75) is 71.5 Å². The average molecular weight is 282 g/mol. The summed E-state index contributed by atoms with van der Waals surface area (Å²) < 4.78 is 6.20. The fourth-order valence-electron chi connectivity index (χ4n) is 4.69. The van der Waals surface area contributed by atoms with Crippen molar-refractivity contribution in [3.63, 3.8) is 0 Å². The van der Waals surface area contributed by atoms with Crippen LogP contribution in [0.3, 0.4) is 0 Å². The van der Waals surface area contributed by atoms with E-state index >= 15 is 0 Å². The highest BCUT2D eigenvalue weighted by Crippen LogP contribution is 2.40. The maximum absolute atomic E-state index is 6.20. The van der Waals surface area contributed by atoms with E-state index in [1.165, 1.54) is 25.7 Å². The topological polar surface area (TPSA) is 38.5 Å². The maximum atomic E-state index is 6.20. The minimum Gasteiger partial charge on any atom is -0.367 e. The number of morpholine rings is 1. The number of hydrogen-bond donors (Lipinski definition) is 1. The Morgan fingerprint density at radius 1 is 1.15 bits per heavy atom. The smallest absolute Gasteiger partial charge is 0.0760 e. The first-order valence-corrected chi connectivity index (χ1v) is 8.28. The van der Waals surface area contributed by atoms with Crippen LogP contribution in [-0.4, -0.2) is 42.3 Å². The van der Waals surface area contributed by atoms with Crippen molar-refractivity contribution in [3.05, 3.63) is 0 Å². The molecule has 0 aromatic carbocycles. The summed E-state index contributed by atoms with van der Waals surface area (Å²) in [6, 6.07) is 0. The van der Waals surface area contributed by atoms with Crippen LogP contribution < -0.4 is 5.73 Å². The fourth-order valence-corrected chi connectivity index (χ4v) is 4.69. The van der Waals surface area contributed by atoms with Crippen molar-refractivity contribution in [3.8, 4) is 0 Å². The van der Waals surface area contributed by atoms with Gasteiger partial charge in [-0.05, 0) is 58.4 Å². The van der Waals surface area contributed by atoms with Gasteiger partial charge in [-0.25, -0.2) is 0 Å². The monoisotopic (exact) mass is 282 g/mol. The van der Waals surface area contributed by atoms with Crippen LogP contribution in [0.2, 0.25) is 0 Å². The lowest BCUT2D eigenvalue weighted by atomic mass is 9.69. The molecule has 2 fully saturated rings. The van der Waals surface area contributed by atoms with Crippen LogP contribution in [0.1, 0.15) is 60.3 Å². The molecule has 1 saturated carbocycles. The molecule has 1 heterocycles. The summed E-state index contributed by atoms with van der Waals surface area (Å²) in [5, 5.41) is 0. The summed E-state index contributed by atoms with van der Waals surface area (Å²) in [5.41, 5.74) is 6.41. The van der Waals surface area contributed by atoms with Gasteiger partial charge in [0, 0.05) is 19.6 Å². The molecule has 0 radical (unpaired) electrons. The summed E-state index contributed by atoms with van der Waals surface area (Å²) in [7, 11) is 0. The molecule has 118 valence electrons. The van der Waals surface area contributed by atoms with Crippen LogP contribution in [0.4, 0.5) is 0 Å². The van der Waals surface area contributed by atoms with E-state index in [1.807, 2.05) is 0 Å². The lowest BCUT2D eigenvalue weighted by Crippen LogP contribution is -2.60. The molecule has 2 rings (SSSR count). The number of rotatable bonds is 3. The van der Waals surface area contributed by atoms with Crippen LogP contribution in [-0.2, 0) is 4.74 Å². The first kappa shape index (κ1) is 16.3. The van der Waals surface area contributed by atoms with Gasteiger partial charge in [-0.3, -0.25) is 4.90 Å². The van der Waals surface area contributed by atoms with Crippen molar-refractivity contribution < 1.29 is 4.74 Å². The summed E-state index contributed by atoms with van der Waals surface area (Å²) in [6.45, 7) is 15.2. The predicted octanol–water partition coefficient (Wildman–Crippen LogP) is 3.03. The standard InChI is InChI=1S/C17H34N2O/c1-14-7-6-8-17(9-14,10-18)13-19-11-15(2,3)20-16(4,5)12-19/h14H,6-13,18H2,1-5H3. The second-order valence-corrected chi connectivity index (χ2v) is 8.67. The zero-order valence-corrected chi connectivity index (χ0v) is 14.2. The van der Waals surface area contributed by atoms with Gasteiger partial charge >= 0.3 is 0 Å². The van der Waals surface area contributed by atoms with Gasteiger partial charge < -0.3 is 10.5 Å². The van der Waals surface area contributed by atoms with Crippen molar-refractivity contribution in [1.29, 1.82) is 0 Å². The molecule has 2 atom stereocenters. The van der Waals surface area contributed by atoms with Gasteiger partial charge in [0.25, 0.3) is 0 Å². The number of nitrogens with zero attached hydrogens (tertiary/aromatic N) is 1. The molecule has 3 nitrogen and oxygen atoms in total. The highest BCUT2D eigenvalue weighted by molar-refractivity contribution is 4.94. The van der Waals surface area contributed by atoms with E-state index in [2.05, 4.69) is 39.5 Å². The maximum Gasteiger partial charge on any atom is 0.0760 e. The molecule has 2 N–H and O–H groups in total. The highest BCUT2D eigenvalue weighted by atomic mass is 16.5. The van der Waals surface area contributed by atoms with Crippen LogP contribution in [0.15, 0.2) is 0 Å². The predicted molar refractivity (Wildman–Crippen MR) is 84.8 cm³/mol. The molecular formula is C17H34N2O. The second-order valence-electron chi connectivity index (χ2n) is 8.67. The fraction of sp³-hybridized carbons (Fsp3) is 1.00. The van der Waals surface area contributed by atoms with Gasteiger partial charge in [0.2, 0.25) is 0 Å². The average Bonchev–Trinajstić information content (AvgIpc) is 2.24. The van der Waals surface area contributed by atoms with E-state index in [-0.39, 0.29) is 11.2 Å². The van der Waals surface area contributed by atoms with Gasteiger partial charge in [0.1, 0.15) is 0 Å². The van der Waals surface area contributed by atoms with Crippen LogP contribution >= 0.6 is 0 Å². The zero-order valence-electron chi connectivity index (χ0n) is 14.2. The first-order valence-electron chi connectivity index (χ1n) is 8.28. The molecule has 1 saturated heterocycles. The molecule has 2 aliphatic rings. The molecule has 1 aliphatic heterocycles. The third-order valence-electron chi connectivity index (χ3n) is 4.94. The Morgan fingerprint density at radius 3 is 2.25 bits per heavy atom. The minimum absolute atomic E-state index is 0.0577. The van der Waals surface area contributed by atoms with Gasteiger partial charge in [-0.15, -0.1) is 0 Å². The molecule has 0 bridgehead atoms. The van der Waals surface area contributed by atoms with E-state index in [1.54, 1.807) is 0 Å². The Bertz CT molecular complexity index is 324. The van der Waals surface area contributed by atoms with Gasteiger partial charge in [-0.1, -0.05) is 19.8 Å². The third-order valence-corrected chi connectivity index (χ3v) is 4.94. The first-order chi connectivity index (χ1) is 9.15. The van der Waals surface area contributed by atoms with Crippen molar-refractivity contribution in [1.82, 2.24) is 4.90 Å². The normalized spacial score (nSPS) is 37.8. The zero-order chi connectivity index (χ0) is 15.0. The Balaban J connectivity index is 2.07. The molecule has 0 spiro atoms. The Morgan fingerprint density at radius 2 is 1.75 bits per heavy atom. The van der Waals surface area contributed by atoms with Gasteiger partial charge in [0.15, 0.2) is 0 Å². The summed E-state index contributed by atoms with van der Waals surface area (Å²) in [5.74, 6) is 0.828. The lowest BCUT2D eigenvalue weighted by molar-refractivity contribution is -0.185. The molecule has 0 aromatic heterocycles. The lowest BCUT2D eigenvalue weighted by Gasteiger charge is -2.51. The largest absolute Gasteiger partial charge is 0.367 e. The molecule has 3 heteroatoms. The molecule has 0 amide bonds. The van der Waals surface area contributed by atoms with E-state index in [0.29, 0.717) is 5.41 Å². The molecule has 1 aliphatic carbocycles. The van der Waals surface area contributed by atoms with Gasteiger partial charge in [0.05, 0.1) is 11.2 Å². The number of hydrogen-bond acceptors (Lipinski definition) is 3. The summed E-state index contributed by atoms with van der Waals surface area (Å²) in [6.07, 6.45) is 5.31. The van der Waals surface area contributed by atoms with Crippen molar-refractivity contribution >= 4 is 0 Å². The van der Waals surface area contributed by atoms with Crippen LogP contribution in [0, 0.1) is 11.3 Å². The van der Waals surface area contributed by atoms with Crippen LogP contribution in [0.25, 0.3) is 0 Å². The second kappa shape index (κ2) is 5.58. The minimum atomic E-state index is -0.0577. The summed E-state index contributed by atoms with van der Waals surface area (Å²) >= 11 is 0. The Kier molecular flexibility index (Phi) is 4.54. The molecule has 20 heavy (non-hydrogen) atoms. The molecule has 0 aromatic rings.